The number of benzene rings is 1. The number of alkyl halides is 2. The molecule has 156 valence electrons. The van der Waals surface area contributed by atoms with Gasteiger partial charge < -0.3 is 26.9 Å². The van der Waals surface area contributed by atoms with Gasteiger partial charge in [0, 0.05) is 6.20 Å². The van der Waals surface area contributed by atoms with E-state index in [1.807, 2.05) is 0 Å². The molecule has 0 aliphatic carbocycles. The van der Waals surface area contributed by atoms with Crippen LogP contribution in [-0.2, 0) is 22.0 Å². The van der Waals surface area contributed by atoms with E-state index >= 15 is 0 Å². The maximum absolute atomic E-state index is 14.6. The largest absolute Gasteiger partial charge is 0.391 e. The number of carbonyl (C=O) groups excluding carboxylic acids is 1. The van der Waals surface area contributed by atoms with Gasteiger partial charge in [0.05, 0.1) is 25.2 Å². The number of guanidine groups is 1. The molecule has 1 aromatic heterocycles. The first-order chi connectivity index (χ1) is 13.8. The molecule has 0 atom stereocenters. The molecule has 0 saturated carbocycles. The molecule has 1 amide bonds. The molecule has 2 aromatic rings. The summed E-state index contributed by atoms with van der Waals surface area (Å²) in [7, 11) is 0. The van der Waals surface area contributed by atoms with Gasteiger partial charge in [0.25, 0.3) is 0 Å². The number of amides is 1. The number of rotatable bonds is 10. The molecule has 8 nitrogen and oxygen atoms in total. The number of aromatic nitrogens is 1. The van der Waals surface area contributed by atoms with Crippen molar-refractivity contribution in [3.05, 3.63) is 59.7 Å². The predicted molar refractivity (Wildman–Crippen MR) is 101 cm³/mol. The zero-order chi connectivity index (χ0) is 21.3. The van der Waals surface area contributed by atoms with Gasteiger partial charge >= 0.3 is 5.92 Å². The maximum atomic E-state index is 14.6. The lowest BCUT2D eigenvalue weighted by atomic mass is 10.1. The van der Waals surface area contributed by atoms with Gasteiger partial charge in [-0.3, -0.25) is 9.78 Å². The molecule has 29 heavy (non-hydrogen) atoms. The molecular formula is C18H21F3N6O2. The van der Waals surface area contributed by atoms with Crippen LogP contribution < -0.4 is 22.1 Å². The summed E-state index contributed by atoms with van der Waals surface area (Å²) in [5.74, 6) is -4.81. The highest BCUT2D eigenvalue weighted by atomic mass is 19.3. The highest BCUT2D eigenvalue weighted by molar-refractivity contribution is 5.79. The Kier molecular flexibility index (Phi) is 7.63. The Balaban J connectivity index is 1.92. The fraction of sp³-hybridized carbons (Fsp3) is 0.278. The van der Waals surface area contributed by atoms with Crippen LogP contribution in [0, 0.1) is 5.82 Å². The van der Waals surface area contributed by atoms with E-state index in [1.165, 1.54) is 42.6 Å². The standard InChI is InChI=1S/C18H21F3N6O2/c19-16-12(10-15(28)25-8-9-29-27-17(22)23)4-3-5-13(16)26-11-18(20,21)14-6-1-2-7-24-14/h1-7,26H,8-11H2,(H,25,28)(H4,22,23,27). The number of nitrogens with two attached hydrogens (primary N) is 2. The molecule has 6 N–H and O–H groups in total. The van der Waals surface area contributed by atoms with Crippen molar-refractivity contribution in [2.45, 2.75) is 12.3 Å². The lowest BCUT2D eigenvalue weighted by Crippen LogP contribution is -2.29. The van der Waals surface area contributed by atoms with Crippen LogP contribution in [0.2, 0.25) is 0 Å². The first-order valence-corrected chi connectivity index (χ1v) is 8.58. The second-order valence-electron chi connectivity index (χ2n) is 5.93. The van der Waals surface area contributed by atoms with Gasteiger partial charge in [-0.1, -0.05) is 18.2 Å². The summed E-state index contributed by atoms with van der Waals surface area (Å²) in [6.07, 6.45) is 0.978. The summed E-state index contributed by atoms with van der Waals surface area (Å²) in [6.45, 7) is -0.722. The van der Waals surface area contributed by atoms with Gasteiger partial charge in [-0.05, 0) is 28.9 Å². The molecule has 0 radical (unpaired) electrons. The molecule has 0 unspecified atom stereocenters. The summed E-state index contributed by atoms with van der Waals surface area (Å²) < 4.78 is 42.9. The van der Waals surface area contributed by atoms with E-state index in [0.717, 1.165) is 0 Å². The third-order valence-corrected chi connectivity index (χ3v) is 3.66. The minimum Gasteiger partial charge on any atom is -0.391 e. The van der Waals surface area contributed by atoms with E-state index in [-0.39, 0.29) is 36.8 Å². The minimum atomic E-state index is -3.30. The quantitative estimate of drug-likeness (QED) is 0.202. The summed E-state index contributed by atoms with van der Waals surface area (Å²) >= 11 is 0. The molecule has 11 heteroatoms. The zero-order valence-corrected chi connectivity index (χ0v) is 15.4. The number of nitrogens with one attached hydrogen (secondary N) is 2. The first kappa shape index (κ1) is 21.8. The molecule has 0 aliphatic rings. The zero-order valence-electron chi connectivity index (χ0n) is 15.4. The van der Waals surface area contributed by atoms with E-state index in [9.17, 15) is 18.0 Å². The molecular weight excluding hydrogens is 389 g/mol. The molecule has 1 heterocycles. The van der Waals surface area contributed by atoms with Crippen LogP contribution in [0.3, 0.4) is 0 Å². The van der Waals surface area contributed by atoms with Crippen LogP contribution in [0.5, 0.6) is 0 Å². The summed E-state index contributed by atoms with van der Waals surface area (Å²) in [6, 6.07) is 8.33. The maximum Gasteiger partial charge on any atom is 0.306 e. The van der Waals surface area contributed by atoms with E-state index in [0.29, 0.717) is 0 Å². The highest BCUT2D eigenvalue weighted by Crippen LogP contribution is 2.27. The number of carbonyl (C=O) groups is 1. The number of anilines is 1. The predicted octanol–water partition coefficient (Wildman–Crippen LogP) is 1.29. The average molecular weight is 410 g/mol. The van der Waals surface area contributed by atoms with E-state index < -0.39 is 29.9 Å². The Morgan fingerprint density at radius 2 is 2.00 bits per heavy atom. The third-order valence-electron chi connectivity index (χ3n) is 3.66. The van der Waals surface area contributed by atoms with Gasteiger partial charge in [0.15, 0.2) is 0 Å². The average Bonchev–Trinajstić information content (AvgIpc) is 2.69. The molecule has 2 rings (SSSR count). The normalized spacial score (nSPS) is 10.9. The van der Waals surface area contributed by atoms with Gasteiger partial charge in [-0.15, -0.1) is 0 Å². The number of halogens is 3. The number of hydrogen-bond acceptors (Lipinski definition) is 5. The smallest absolute Gasteiger partial charge is 0.306 e. The van der Waals surface area contributed by atoms with Crippen molar-refractivity contribution < 1.29 is 22.8 Å². The van der Waals surface area contributed by atoms with Gasteiger partial charge in [0.2, 0.25) is 11.9 Å². The van der Waals surface area contributed by atoms with Crippen LogP contribution in [0.15, 0.2) is 47.8 Å². The van der Waals surface area contributed by atoms with Gasteiger partial charge in [-0.25, -0.2) is 4.39 Å². The molecule has 0 saturated heterocycles. The molecule has 0 bridgehead atoms. The van der Waals surface area contributed by atoms with Crippen molar-refractivity contribution in [2.24, 2.45) is 16.6 Å². The highest BCUT2D eigenvalue weighted by Gasteiger charge is 2.33. The van der Waals surface area contributed by atoms with Crippen LogP contribution in [0.1, 0.15) is 11.3 Å². The Morgan fingerprint density at radius 3 is 2.69 bits per heavy atom. The summed E-state index contributed by atoms with van der Waals surface area (Å²) in [4.78, 5) is 20.2. The molecule has 0 spiro atoms. The van der Waals surface area contributed by atoms with Gasteiger partial charge in [-0.2, -0.15) is 8.78 Å². The lowest BCUT2D eigenvalue weighted by Gasteiger charge is -2.18. The van der Waals surface area contributed by atoms with Crippen molar-refractivity contribution in [1.82, 2.24) is 10.3 Å². The van der Waals surface area contributed by atoms with Crippen LogP contribution in [0.25, 0.3) is 0 Å². The summed E-state index contributed by atoms with van der Waals surface area (Å²) in [5.41, 5.74) is 9.63. The van der Waals surface area contributed by atoms with E-state index in [1.54, 1.807) is 0 Å². The van der Waals surface area contributed by atoms with Crippen molar-refractivity contribution >= 4 is 17.6 Å². The molecule has 1 aromatic carbocycles. The van der Waals surface area contributed by atoms with E-state index in [4.69, 9.17) is 16.3 Å². The fourth-order valence-electron chi connectivity index (χ4n) is 2.32. The molecule has 0 aliphatic heterocycles. The van der Waals surface area contributed by atoms with Crippen LogP contribution >= 0.6 is 0 Å². The first-order valence-electron chi connectivity index (χ1n) is 8.58. The monoisotopic (exact) mass is 410 g/mol. The number of oxime groups is 1. The van der Waals surface area contributed by atoms with Crippen molar-refractivity contribution in [2.75, 3.05) is 25.0 Å². The number of hydrogen-bond donors (Lipinski definition) is 4. The second kappa shape index (κ2) is 10.2. The molecule has 0 fully saturated rings. The summed E-state index contributed by atoms with van der Waals surface area (Å²) in [5, 5.41) is 8.16. The topological polar surface area (TPSA) is 128 Å². The Labute approximate surface area is 165 Å². The van der Waals surface area contributed by atoms with Crippen molar-refractivity contribution in [3.8, 4) is 0 Å². The van der Waals surface area contributed by atoms with Crippen LogP contribution in [-0.4, -0.2) is 36.5 Å². The Morgan fingerprint density at radius 1 is 1.21 bits per heavy atom. The fourth-order valence-corrected chi connectivity index (χ4v) is 2.32. The second-order valence-corrected chi connectivity index (χ2v) is 5.93. The van der Waals surface area contributed by atoms with Gasteiger partial charge in [0.1, 0.15) is 18.1 Å². The van der Waals surface area contributed by atoms with Crippen molar-refractivity contribution in [3.63, 3.8) is 0 Å². The number of nitrogens with zero attached hydrogens (tertiary/aromatic N) is 2. The van der Waals surface area contributed by atoms with Crippen molar-refractivity contribution in [1.29, 1.82) is 0 Å². The SMILES string of the molecule is NC(N)=NOCCNC(=O)Cc1cccc(NCC(F)(F)c2ccccn2)c1F. The lowest BCUT2D eigenvalue weighted by molar-refractivity contribution is -0.120. The minimum absolute atomic E-state index is 0.0241. The third kappa shape index (κ3) is 6.87. The van der Waals surface area contributed by atoms with E-state index in [2.05, 4.69) is 20.8 Å². The Hall–Kier alpha value is -3.50. The van der Waals surface area contributed by atoms with Crippen LogP contribution in [0.4, 0.5) is 18.9 Å². The Bertz CT molecular complexity index is 845. The number of pyridine rings is 1.